The highest BCUT2D eigenvalue weighted by atomic mass is 19.1. The molecule has 19 heavy (non-hydrogen) atoms. The van der Waals surface area contributed by atoms with Gasteiger partial charge in [0.1, 0.15) is 5.82 Å². The second-order valence-electron chi connectivity index (χ2n) is 4.87. The lowest BCUT2D eigenvalue weighted by atomic mass is 9.79. The van der Waals surface area contributed by atoms with E-state index in [0.717, 1.165) is 25.1 Å². The Morgan fingerprint density at radius 2 is 2.26 bits per heavy atom. The summed E-state index contributed by atoms with van der Waals surface area (Å²) in [5.41, 5.74) is 0.805. The van der Waals surface area contributed by atoms with Crippen molar-refractivity contribution < 1.29 is 19.2 Å². The Morgan fingerprint density at radius 1 is 1.47 bits per heavy atom. The minimum Gasteiger partial charge on any atom is -0.423 e. The van der Waals surface area contributed by atoms with Gasteiger partial charge in [-0.15, -0.1) is 0 Å². The molecule has 0 saturated carbocycles. The minimum atomic E-state index is -1.77. The quantitative estimate of drug-likeness (QED) is 0.761. The number of ether oxygens (including phenoxy) is 1. The van der Waals surface area contributed by atoms with Crippen molar-refractivity contribution in [2.24, 2.45) is 0 Å². The summed E-state index contributed by atoms with van der Waals surface area (Å²) in [6, 6.07) is 4.47. The molecule has 1 aliphatic rings. The Hall–Kier alpha value is -0.945. The van der Waals surface area contributed by atoms with E-state index in [1.807, 2.05) is 0 Å². The Morgan fingerprint density at radius 3 is 2.95 bits per heavy atom. The van der Waals surface area contributed by atoms with Gasteiger partial charge < -0.3 is 14.8 Å². The number of benzene rings is 1. The molecule has 0 bridgehead atoms. The number of rotatable bonds is 4. The summed E-state index contributed by atoms with van der Waals surface area (Å²) in [4.78, 5) is 2.23. The van der Waals surface area contributed by atoms with Gasteiger partial charge in [0, 0.05) is 25.1 Å². The molecule has 104 valence electrons. The van der Waals surface area contributed by atoms with E-state index in [9.17, 15) is 4.39 Å². The van der Waals surface area contributed by atoms with Crippen molar-refractivity contribution in [1.29, 1.82) is 0 Å². The van der Waals surface area contributed by atoms with Gasteiger partial charge in [0.05, 0.1) is 12.7 Å². The van der Waals surface area contributed by atoms with Gasteiger partial charge in [-0.2, -0.15) is 0 Å². The van der Waals surface area contributed by atoms with Crippen LogP contribution >= 0.6 is 0 Å². The first kappa shape index (κ1) is 14.5. The van der Waals surface area contributed by atoms with E-state index >= 15 is 0 Å². The van der Waals surface area contributed by atoms with E-state index < -0.39 is 12.9 Å². The maximum atomic E-state index is 13.4. The summed E-state index contributed by atoms with van der Waals surface area (Å²) in [7, 11) is -1.77. The fourth-order valence-corrected chi connectivity index (χ4v) is 2.32. The van der Waals surface area contributed by atoms with E-state index in [0.29, 0.717) is 13.2 Å². The van der Waals surface area contributed by atoms with Gasteiger partial charge in [0.2, 0.25) is 0 Å². The minimum absolute atomic E-state index is 0.0715. The van der Waals surface area contributed by atoms with Gasteiger partial charge in [0.25, 0.3) is 0 Å². The number of halogens is 1. The first-order valence-electron chi connectivity index (χ1n) is 6.58. The molecule has 1 aromatic rings. The third-order valence-electron chi connectivity index (χ3n) is 3.42. The molecular weight excluding hydrogens is 248 g/mol. The number of hydrogen-bond acceptors (Lipinski definition) is 4. The topological polar surface area (TPSA) is 52.9 Å². The largest absolute Gasteiger partial charge is 0.491 e. The highest BCUT2D eigenvalue weighted by Crippen LogP contribution is 2.12. The molecule has 2 rings (SSSR count). The summed E-state index contributed by atoms with van der Waals surface area (Å²) < 4.78 is 19.0. The molecule has 0 aliphatic carbocycles. The third-order valence-corrected chi connectivity index (χ3v) is 3.42. The zero-order valence-electron chi connectivity index (χ0n) is 11.1. The molecule has 2 N–H and O–H groups in total. The molecule has 1 saturated heterocycles. The first-order chi connectivity index (χ1) is 9.10. The van der Waals surface area contributed by atoms with Crippen LogP contribution in [0.25, 0.3) is 0 Å². The lowest BCUT2D eigenvalue weighted by Crippen LogP contribution is -2.42. The maximum Gasteiger partial charge on any atom is 0.491 e. The average molecular weight is 267 g/mol. The van der Waals surface area contributed by atoms with E-state index in [1.165, 1.54) is 12.1 Å². The van der Waals surface area contributed by atoms with Crippen LogP contribution in [0.4, 0.5) is 4.39 Å². The summed E-state index contributed by atoms with van der Waals surface area (Å²) in [6.07, 6.45) is 1.22. The smallest absolute Gasteiger partial charge is 0.423 e. The van der Waals surface area contributed by atoms with Gasteiger partial charge in [-0.3, -0.25) is 4.90 Å². The van der Waals surface area contributed by atoms with E-state index in [-0.39, 0.29) is 11.6 Å². The van der Waals surface area contributed by atoms with Crippen LogP contribution in [-0.4, -0.2) is 47.9 Å². The molecule has 1 unspecified atom stereocenters. The zero-order chi connectivity index (χ0) is 13.8. The lowest BCUT2D eigenvalue weighted by molar-refractivity contribution is -0.0324. The Labute approximate surface area is 113 Å². The zero-order valence-corrected chi connectivity index (χ0v) is 11.1. The monoisotopic (exact) mass is 267 g/mol. The van der Waals surface area contributed by atoms with Crippen LogP contribution in [0, 0.1) is 5.82 Å². The molecule has 6 heteroatoms. The molecule has 0 radical (unpaired) electrons. The van der Waals surface area contributed by atoms with Crippen LogP contribution in [0.2, 0.25) is 0 Å². The number of hydrogen-bond donors (Lipinski definition) is 2. The molecule has 1 fully saturated rings. The first-order valence-corrected chi connectivity index (χ1v) is 6.58. The summed E-state index contributed by atoms with van der Waals surface area (Å²) in [5, 5.41) is 18.2. The predicted molar refractivity (Wildman–Crippen MR) is 71.5 cm³/mol. The van der Waals surface area contributed by atoms with Gasteiger partial charge in [-0.05, 0) is 18.1 Å². The van der Waals surface area contributed by atoms with Crippen LogP contribution in [0.15, 0.2) is 18.2 Å². The number of morpholine rings is 1. The number of nitrogens with zero attached hydrogens (tertiary/aromatic N) is 1. The van der Waals surface area contributed by atoms with Crippen LogP contribution in [0.3, 0.4) is 0 Å². The van der Waals surface area contributed by atoms with E-state index in [2.05, 4.69) is 11.8 Å². The Balaban J connectivity index is 2.04. The van der Waals surface area contributed by atoms with Crippen molar-refractivity contribution in [1.82, 2.24) is 4.90 Å². The van der Waals surface area contributed by atoms with Crippen LogP contribution in [0.5, 0.6) is 0 Å². The van der Waals surface area contributed by atoms with Crippen LogP contribution in [-0.2, 0) is 11.3 Å². The third kappa shape index (κ3) is 3.76. The van der Waals surface area contributed by atoms with Gasteiger partial charge in [0.15, 0.2) is 0 Å². The van der Waals surface area contributed by atoms with E-state index in [1.54, 1.807) is 6.07 Å². The van der Waals surface area contributed by atoms with Crippen molar-refractivity contribution in [2.45, 2.75) is 26.0 Å². The Kier molecular flexibility index (Phi) is 4.93. The maximum absolute atomic E-state index is 13.4. The SMILES string of the molecule is CCC1CN(Cc2ccc(F)c(B(O)O)c2)CCO1. The molecule has 4 nitrogen and oxygen atoms in total. The fourth-order valence-electron chi connectivity index (χ4n) is 2.32. The van der Waals surface area contributed by atoms with Crippen LogP contribution < -0.4 is 5.46 Å². The molecule has 1 aliphatic heterocycles. The average Bonchev–Trinajstić information content (AvgIpc) is 2.41. The molecular formula is C13H19BFNO3. The molecule has 1 aromatic carbocycles. The lowest BCUT2D eigenvalue weighted by Gasteiger charge is -2.32. The Bertz CT molecular complexity index is 430. The molecule has 0 spiro atoms. The summed E-state index contributed by atoms with van der Waals surface area (Å²) in [6.45, 7) is 5.15. The van der Waals surface area contributed by atoms with Gasteiger partial charge in [-0.1, -0.05) is 19.1 Å². The highest BCUT2D eigenvalue weighted by Gasteiger charge is 2.21. The molecule has 1 heterocycles. The van der Waals surface area contributed by atoms with Crippen molar-refractivity contribution in [3.63, 3.8) is 0 Å². The molecule has 1 atom stereocenters. The summed E-state index contributed by atoms with van der Waals surface area (Å²) >= 11 is 0. The normalized spacial score (nSPS) is 20.5. The van der Waals surface area contributed by atoms with Crippen molar-refractivity contribution in [2.75, 3.05) is 19.7 Å². The predicted octanol–water partition coefficient (Wildman–Crippen LogP) is 0.116. The van der Waals surface area contributed by atoms with Crippen molar-refractivity contribution in [3.05, 3.63) is 29.6 Å². The highest BCUT2D eigenvalue weighted by molar-refractivity contribution is 6.58. The second-order valence-corrected chi connectivity index (χ2v) is 4.87. The van der Waals surface area contributed by atoms with Crippen LogP contribution in [0.1, 0.15) is 18.9 Å². The van der Waals surface area contributed by atoms with Gasteiger partial charge in [-0.25, -0.2) is 4.39 Å². The van der Waals surface area contributed by atoms with Crippen molar-refractivity contribution in [3.8, 4) is 0 Å². The standard InChI is InChI=1S/C13H19BFNO3/c1-2-11-9-16(5-6-19-11)8-10-3-4-13(15)12(7-10)14(17)18/h3-4,7,11,17-18H,2,5-6,8-9H2,1H3. The van der Waals surface area contributed by atoms with E-state index in [4.69, 9.17) is 14.8 Å². The van der Waals surface area contributed by atoms with Crippen molar-refractivity contribution >= 4 is 12.6 Å². The van der Waals surface area contributed by atoms with Gasteiger partial charge >= 0.3 is 7.12 Å². The summed E-state index contributed by atoms with van der Waals surface area (Å²) in [5.74, 6) is -0.591. The second kappa shape index (κ2) is 6.48. The molecule has 0 amide bonds. The molecule has 0 aromatic heterocycles. The fraction of sp³-hybridized carbons (Fsp3) is 0.538.